The normalized spacial score (nSPS) is 18.8. The first-order valence-electron chi connectivity index (χ1n) is 8.05. The van der Waals surface area contributed by atoms with Gasteiger partial charge in [0.1, 0.15) is 15.9 Å². The fourth-order valence-electron chi connectivity index (χ4n) is 2.78. The second-order valence-corrected chi connectivity index (χ2v) is 9.33. The van der Waals surface area contributed by atoms with Gasteiger partial charge in [0, 0.05) is 32.6 Å². The van der Waals surface area contributed by atoms with Crippen LogP contribution in [0.1, 0.15) is 12.7 Å². The minimum absolute atomic E-state index is 0.0226. The largest absolute Gasteiger partial charge is 0.480 e. The molecule has 1 fully saturated rings. The van der Waals surface area contributed by atoms with Gasteiger partial charge in [-0.3, -0.25) is 9.59 Å². The third-order valence-electron chi connectivity index (χ3n) is 4.25. The second-order valence-electron chi connectivity index (χ2n) is 6.13. The molecule has 158 valence electrons. The number of piperazine rings is 1. The van der Waals surface area contributed by atoms with Crippen molar-refractivity contribution in [3.05, 3.63) is 24.0 Å². The minimum atomic E-state index is -4.73. The smallest absolute Gasteiger partial charge is 0.452 e. The Hall–Kier alpha value is -2.45. The van der Waals surface area contributed by atoms with Crippen molar-refractivity contribution in [2.24, 2.45) is 0 Å². The van der Waals surface area contributed by atoms with Gasteiger partial charge in [-0.15, -0.1) is 11.3 Å². The van der Waals surface area contributed by atoms with Gasteiger partial charge in [0.15, 0.2) is 0 Å². The van der Waals surface area contributed by atoms with E-state index in [4.69, 9.17) is 0 Å². The number of halogens is 3. The molecule has 1 aliphatic rings. The molecule has 9 nitrogen and oxygen atoms in total. The number of alkyl halides is 3. The second kappa shape index (κ2) is 7.42. The highest BCUT2D eigenvalue weighted by Gasteiger charge is 2.42. The molecule has 1 amide bonds. The fraction of sp³-hybridized carbons (Fsp3) is 0.400. The average Bonchev–Trinajstić information content (AvgIpc) is 3.30. The highest BCUT2D eigenvalue weighted by molar-refractivity contribution is 7.91. The van der Waals surface area contributed by atoms with E-state index in [0.29, 0.717) is 17.4 Å². The van der Waals surface area contributed by atoms with Gasteiger partial charge in [-0.2, -0.15) is 17.5 Å². The molecule has 1 N–H and O–H groups in total. The van der Waals surface area contributed by atoms with Gasteiger partial charge in [-0.1, -0.05) is 5.16 Å². The number of amides is 1. The Bertz CT molecular complexity index is 1050. The van der Waals surface area contributed by atoms with Crippen LogP contribution >= 0.6 is 11.3 Å². The number of sulfonamides is 1. The minimum Gasteiger partial charge on any atom is -0.480 e. The number of thiophene rings is 1. The molecule has 0 bridgehead atoms. The summed E-state index contributed by atoms with van der Waals surface area (Å²) in [6.45, 7) is 0.741. The number of carbonyl (C=O) groups excluding carboxylic acids is 1. The monoisotopic (exact) mass is 453 g/mol. The van der Waals surface area contributed by atoms with Crippen LogP contribution in [0, 0.1) is 0 Å². The number of hydrogen-bond acceptors (Lipinski definition) is 7. The van der Waals surface area contributed by atoms with Crippen LogP contribution in [0.15, 0.2) is 26.9 Å². The number of carboxylic acids is 1. The molecule has 3 heterocycles. The van der Waals surface area contributed by atoms with Crippen molar-refractivity contribution >= 4 is 33.2 Å². The van der Waals surface area contributed by atoms with E-state index in [1.807, 2.05) is 0 Å². The summed E-state index contributed by atoms with van der Waals surface area (Å²) in [6, 6.07) is 1.59. The van der Waals surface area contributed by atoms with E-state index < -0.39 is 34.0 Å². The summed E-state index contributed by atoms with van der Waals surface area (Å²) in [5.41, 5.74) is -0.194. The predicted molar refractivity (Wildman–Crippen MR) is 92.4 cm³/mol. The summed E-state index contributed by atoms with van der Waals surface area (Å²) < 4.78 is 68.6. The summed E-state index contributed by atoms with van der Waals surface area (Å²) in [4.78, 5) is 24.4. The highest BCUT2D eigenvalue weighted by Crippen LogP contribution is 2.36. The number of aliphatic carboxylic acids is 1. The van der Waals surface area contributed by atoms with Crippen LogP contribution in [0.25, 0.3) is 10.6 Å². The van der Waals surface area contributed by atoms with Crippen molar-refractivity contribution in [1.82, 2.24) is 14.4 Å². The maximum atomic E-state index is 12.9. The van der Waals surface area contributed by atoms with Crippen LogP contribution < -0.4 is 0 Å². The molecule has 3 rings (SSSR count). The van der Waals surface area contributed by atoms with Gasteiger partial charge in [0.05, 0.1) is 4.88 Å². The van der Waals surface area contributed by atoms with Crippen LogP contribution in [-0.4, -0.2) is 65.4 Å². The summed E-state index contributed by atoms with van der Waals surface area (Å²) in [5, 5.41) is 12.7. The van der Waals surface area contributed by atoms with Crippen molar-refractivity contribution in [3.8, 4) is 10.6 Å². The third-order valence-corrected chi connectivity index (χ3v) is 7.73. The van der Waals surface area contributed by atoms with Gasteiger partial charge in [0.2, 0.25) is 11.7 Å². The van der Waals surface area contributed by atoms with E-state index in [0.717, 1.165) is 10.4 Å². The lowest BCUT2D eigenvalue weighted by Gasteiger charge is -2.37. The number of aromatic nitrogens is 1. The molecule has 0 radical (unpaired) electrons. The Morgan fingerprint density at radius 3 is 2.55 bits per heavy atom. The van der Waals surface area contributed by atoms with Crippen molar-refractivity contribution in [2.45, 2.75) is 23.4 Å². The zero-order chi connectivity index (χ0) is 21.6. The molecule has 0 aliphatic carbocycles. The molecule has 1 aliphatic heterocycles. The Kier molecular flexibility index (Phi) is 5.44. The first kappa shape index (κ1) is 21.3. The van der Waals surface area contributed by atoms with Crippen molar-refractivity contribution in [1.29, 1.82) is 0 Å². The lowest BCUT2D eigenvalue weighted by Crippen LogP contribution is -2.58. The fourth-order valence-corrected chi connectivity index (χ4v) is 5.73. The molecule has 1 saturated heterocycles. The summed E-state index contributed by atoms with van der Waals surface area (Å²) in [7, 11) is -4.26. The number of carbonyl (C=O) groups is 2. The molecule has 29 heavy (non-hydrogen) atoms. The quantitative estimate of drug-likeness (QED) is 0.748. The predicted octanol–water partition coefficient (Wildman–Crippen LogP) is 1.73. The van der Waals surface area contributed by atoms with Gasteiger partial charge < -0.3 is 14.5 Å². The Morgan fingerprint density at radius 2 is 2.00 bits per heavy atom. The Labute approximate surface area is 166 Å². The molecule has 0 aromatic carbocycles. The molecular weight excluding hydrogens is 439 g/mol. The van der Waals surface area contributed by atoms with E-state index in [9.17, 15) is 36.3 Å². The van der Waals surface area contributed by atoms with Gasteiger partial charge in [0.25, 0.3) is 10.0 Å². The number of carboxylic acid groups (broad SMARTS) is 1. The lowest BCUT2D eigenvalue weighted by atomic mass is 10.2. The molecule has 2 aromatic rings. The topological polar surface area (TPSA) is 121 Å². The number of nitrogens with zero attached hydrogens (tertiary/aromatic N) is 3. The average molecular weight is 453 g/mol. The van der Waals surface area contributed by atoms with E-state index in [1.54, 1.807) is 0 Å². The summed E-state index contributed by atoms with van der Waals surface area (Å²) in [5.74, 6) is -3.11. The molecule has 0 saturated carbocycles. The van der Waals surface area contributed by atoms with E-state index in [1.165, 1.54) is 17.9 Å². The maximum Gasteiger partial charge on any atom is 0.452 e. The lowest BCUT2D eigenvalue weighted by molar-refractivity contribution is -0.155. The third kappa shape index (κ3) is 4.13. The van der Waals surface area contributed by atoms with E-state index in [2.05, 4.69) is 9.68 Å². The molecule has 14 heteroatoms. The van der Waals surface area contributed by atoms with E-state index in [-0.39, 0.29) is 40.3 Å². The Morgan fingerprint density at radius 1 is 1.31 bits per heavy atom. The van der Waals surface area contributed by atoms with Crippen LogP contribution in [0.5, 0.6) is 0 Å². The van der Waals surface area contributed by atoms with Crippen molar-refractivity contribution < 1.29 is 40.8 Å². The first-order valence-corrected chi connectivity index (χ1v) is 10.3. The Balaban J connectivity index is 1.89. The molecule has 1 atom stereocenters. The number of rotatable bonds is 4. The van der Waals surface area contributed by atoms with Crippen LogP contribution in [0.4, 0.5) is 13.2 Å². The van der Waals surface area contributed by atoms with Crippen LogP contribution in [-0.2, 0) is 25.8 Å². The van der Waals surface area contributed by atoms with Crippen molar-refractivity contribution in [2.75, 3.05) is 19.6 Å². The zero-order valence-electron chi connectivity index (χ0n) is 14.7. The summed E-state index contributed by atoms with van der Waals surface area (Å²) in [6.07, 6.45) is -4.73. The van der Waals surface area contributed by atoms with E-state index >= 15 is 0 Å². The zero-order valence-corrected chi connectivity index (χ0v) is 16.3. The van der Waals surface area contributed by atoms with Gasteiger partial charge >= 0.3 is 12.1 Å². The standard InChI is InChI=1S/C15H14F3N3O6S2/c1-8(22)20-4-5-21(10(7-20)14(23)24)29(25,26)13-3-2-11(28-13)9-6-12(27-19-9)15(16,17)18/h2-3,6,10H,4-5,7H2,1H3,(H,23,24). The molecule has 2 aromatic heterocycles. The van der Waals surface area contributed by atoms with Crippen LogP contribution in [0.3, 0.4) is 0 Å². The molecular formula is C15H14F3N3O6S2. The molecule has 1 unspecified atom stereocenters. The molecule has 0 spiro atoms. The van der Waals surface area contributed by atoms with Crippen molar-refractivity contribution in [3.63, 3.8) is 0 Å². The number of hydrogen-bond donors (Lipinski definition) is 1. The van der Waals surface area contributed by atoms with Gasteiger partial charge in [-0.05, 0) is 12.1 Å². The van der Waals surface area contributed by atoms with Gasteiger partial charge in [-0.25, -0.2) is 8.42 Å². The SMILES string of the molecule is CC(=O)N1CCN(S(=O)(=O)c2ccc(-c3cc(C(F)(F)F)on3)s2)C(C(=O)O)C1. The van der Waals surface area contributed by atoms with Crippen LogP contribution in [0.2, 0.25) is 0 Å². The highest BCUT2D eigenvalue weighted by atomic mass is 32.2. The maximum absolute atomic E-state index is 12.9. The summed E-state index contributed by atoms with van der Waals surface area (Å²) >= 11 is 0.638. The first-order chi connectivity index (χ1) is 13.4.